The van der Waals surface area contributed by atoms with Crippen LogP contribution < -0.4 is 4.74 Å². The van der Waals surface area contributed by atoms with Gasteiger partial charge in [-0.3, -0.25) is 4.79 Å². The number of ether oxygens (including phenoxy) is 2. The monoisotopic (exact) mass is 463 g/mol. The van der Waals surface area contributed by atoms with Gasteiger partial charge in [0.2, 0.25) is 0 Å². The van der Waals surface area contributed by atoms with Crippen molar-refractivity contribution in [3.8, 4) is 17.3 Å². The Kier molecular flexibility index (Phi) is 5.04. The van der Waals surface area contributed by atoms with Crippen molar-refractivity contribution in [2.24, 2.45) is 0 Å². The van der Waals surface area contributed by atoms with Gasteiger partial charge >= 0.3 is 0 Å². The predicted molar refractivity (Wildman–Crippen MR) is 110 cm³/mol. The lowest BCUT2D eigenvalue weighted by atomic mass is 10.0. The summed E-state index contributed by atoms with van der Waals surface area (Å²) in [6.45, 7) is 0.996. The summed E-state index contributed by atoms with van der Waals surface area (Å²) >= 11 is 12.4. The van der Waals surface area contributed by atoms with E-state index in [1.165, 1.54) is 13.2 Å². The van der Waals surface area contributed by atoms with Gasteiger partial charge in [-0.2, -0.15) is 0 Å². The SMILES string of the molecule is COc1cc(-c2nnc3n2C[C@@H]2COC[C@H]3N2C(=O)c2cccc(Cl)c2Cl)ncc1F. The van der Waals surface area contributed by atoms with Crippen molar-refractivity contribution in [2.45, 2.75) is 18.6 Å². The molecule has 0 spiro atoms. The zero-order valence-corrected chi connectivity index (χ0v) is 17.8. The highest BCUT2D eigenvalue weighted by Crippen LogP contribution is 2.37. The van der Waals surface area contributed by atoms with Gasteiger partial charge in [-0.1, -0.05) is 29.3 Å². The van der Waals surface area contributed by atoms with Gasteiger partial charge in [-0.15, -0.1) is 10.2 Å². The zero-order chi connectivity index (χ0) is 21.7. The van der Waals surface area contributed by atoms with Crippen LogP contribution in [0.1, 0.15) is 22.2 Å². The number of fused-ring (bicyclic) bond motifs is 4. The summed E-state index contributed by atoms with van der Waals surface area (Å²) in [7, 11) is 1.38. The number of carbonyl (C=O) groups excluding carboxylic acids is 1. The van der Waals surface area contributed by atoms with Crippen LogP contribution in [-0.2, 0) is 11.3 Å². The predicted octanol–water partition coefficient (Wildman–Crippen LogP) is 3.39. The molecular weight excluding hydrogens is 448 g/mol. The molecule has 8 nitrogen and oxygen atoms in total. The number of pyridine rings is 1. The maximum absolute atomic E-state index is 13.8. The molecule has 160 valence electrons. The molecule has 5 rings (SSSR count). The normalized spacial score (nSPS) is 19.8. The van der Waals surface area contributed by atoms with E-state index in [9.17, 15) is 9.18 Å². The summed E-state index contributed by atoms with van der Waals surface area (Å²) in [5, 5.41) is 9.09. The fraction of sp³-hybridized carbons (Fsp3) is 0.300. The maximum atomic E-state index is 13.8. The molecule has 2 bridgehead atoms. The van der Waals surface area contributed by atoms with Gasteiger partial charge in [0.05, 0.1) is 48.2 Å². The van der Waals surface area contributed by atoms with E-state index in [0.29, 0.717) is 41.1 Å². The van der Waals surface area contributed by atoms with Crippen LogP contribution in [0.3, 0.4) is 0 Å². The number of methoxy groups -OCH3 is 1. The highest BCUT2D eigenvalue weighted by molar-refractivity contribution is 6.43. The third-order valence-electron chi connectivity index (χ3n) is 5.47. The van der Waals surface area contributed by atoms with E-state index in [1.54, 1.807) is 23.1 Å². The number of hydrogen-bond acceptors (Lipinski definition) is 6. The molecule has 31 heavy (non-hydrogen) atoms. The van der Waals surface area contributed by atoms with Crippen LogP contribution in [-0.4, -0.2) is 56.9 Å². The van der Waals surface area contributed by atoms with Gasteiger partial charge < -0.3 is 18.9 Å². The quantitative estimate of drug-likeness (QED) is 0.591. The Morgan fingerprint density at radius 2 is 2.13 bits per heavy atom. The van der Waals surface area contributed by atoms with Gasteiger partial charge in [0.15, 0.2) is 23.2 Å². The number of aromatic nitrogens is 4. The van der Waals surface area contributed by atoms with E-state index in [2.05, 4.69) is 15.2 Å². The average molecular weight is 464 g/mol. The number of hydrogen-bond donors (Lipinski definition) is 0. The number of benzene rings is 1. The Morgan fingerprint density at radius 3 is 2.94 bits per heavy atom. The Hall–Kier alpha value is -2.75. The summed E-state index contributed by atoms with van der Waals surface area (Å²) in [6.07, 6.45) is 1.08. The van der Waals surface area contributed by atoms with E-state index in [-0.39, 0.29) is 29.3 Å². The summed E-state index contributed by atoms with van der Waals surface area (Å²) in [6, 6.07) is 5.71. The number of amides is 1. The fourth-order valence-electron chi connectivity index (χ4n) is 4.03. The minimum absolute atomic E-state index is 0.0640. The second kappa shape index (κ2) is 7.74. The van der Waals surface area contributed by atoms with Crippen molar-refractivity contribution in [2.75, 3.05) is 20.3 Å². The first kappa shape index (κ1) is 20.2. The van der Waals surface area contributed by atoms with Crippen molar-refractivity contribution in [3.63, 3.8) is 0 Å². The Labute approximate surface area is 186 Å². The number of rotatable bonds is 3. The molecule has 2 aliphatic rings. The van der Waals surface area contributed by atoms with Gasteiger partial charge in [0.25, 0.3) is 5.91 Å². The smallest absolute Gasteiger partial charge is 0.256 e. The number of morpholine rings is 1. The van der Waals surface area contributed by atoms with E-state index in [1.807, 2.05) is 4.57 Å². The molecule has 0 saturated carbocycles. The van der Waals surface area contributed by atoms with E-state index in [4.69, 9.17) is 32.7 Å². The second-order valence-electron chi connectivity index (χ2n) is 7.22. The molecular formula is C20H16Cl2FN5O3. The van der Waals surface area contributed by atoms with Crippen molar-refractivity contribution in [1.82, 2.24) is 24.6 Å². The summed E-state index contributed by atoms with van der Waals surface area (Å²) < 4.78 is 26.4. The molecule has 1 amide bonds. The molecule has 3 aromatic rings. The highest BCUT2D eigenvalue weighted by Gasteiger charge is 2.44. The van der Waals surface area contributed by atoms with Crippen LogP contribution in [0.4, 0.5) is 4.39 Å². The first-order valence-corrected chi connectivity index (χ1v) is 10.2. The van der Waals surface area contributed by atoms with E-state index < -0.39 is 11.9 Å². The molecule has 11 heteroatoms. The minimum Gasteiger partial charge on any atom is -0.494 e. The van der Waals surface area contributed by atoms with Crippen LogP contribution >= 0.6 is 23.2 Å². The summed E-state index contributed by atoms with van der Waals surface area (Å²) in [4.78, 5) is 19.3. The minimum atomic E-state index is -0.565. The summed E-state index contributed by atoms with van der Waals surface area (Å²) in [5.41, 5.74) is 0.748. The Balaban J connectivity index is 1.55. The topological polar surface area (TPSA) is 82.4 Å². The van der Waals surface area contributed by atoms with Crippen molar-refractivity contribution >= 4 is 29.1 Å². The molecule has 0 unspecified atom stereocenters. The summed E-state index contributed by atoms with van der Waals surface area (Å²) in [5.74, 6) is 0.281. The molecule has 0 aliphatic carbocycles. The van der Waals surface area contributed by atoms with Crippen LogP contribution in [0.15, 0.2) is 30.5 Å². The van der Waals surface area contributed by atoms with Crippen LogP contribution in [0.25, 0.3) is 11.5 Å². The number of halogens is 3. The zero-order valence-electron chi connectivity index (χ0n) is 16.3. The third-order valence-corrected chi connectivity index (χ3v) is 6.29. The van der Waals surface area contributed by atoms with Crippen molar-refractivity contribution in [1.29, 1.82) is 0 Å². The largest absolute Gasteiger partial charge is 0.494 e. The Bertz CT molecular complexity index is 1190. The van der Waals surface area contributed by atoms with Gasteiger partial charge in [-0.05, 0) is 12.1 Å². The van der Waals surface area contributed by atoms with Crippen molar-refractivity contribution in [3.05, 3.63) is 57.7 Å². The van der Waals surface area contributed by atoms with Crippen LogP contribution in [0.2, 0.25) is 10.0 Å². The van der Waals surface area contributed by atoms with E-state index >= 15 is 0 Å². The molecule has 1 fully saturated rings. The standard InChI is InChI=1S/C20H16Cl2FN5O3/c1-30-16-5-14(24-6-13(16)23)18-25-26-19-15-9-31-8-10(7-27(18)19)28(15)20(29)11-3-2-4-12(21)17(11)22/h2-6,10,15H,7-9H2,1H3/t10-,15-/m1/s1. The van der Waals surface area contributed by atoms with Gasteiger partial charge in [-0.25, -0.2) is 9.37 Å². The lowest BCUT2D eigenvalue weighted by molar-refractivity contribution is -0.0569. The van der Waals surface area contributed by atoms with Crippen molar-refractivity contribution < 1.29 is 18.7 Å². The Morgan fingerprint density at radius 1 is 1.29 bits per heavy atom. The lowest BCUT2D eigenvalue weighted by Gasteiger charge is -2.45. The van der Waals surface area contributed by atoms with Crippen LogP contribution in [0, 0.1) is 5.82 Å². The molecule has 1 aromatic carbocycles. The average Bonchev–Trinajstić information content (AvgIpc) is 3.18. The first-order valence-electron chi connectivity index (χ1n) is 9.47. The third kappa shape index (κ3) is 3.24. The maximum Gasteiger partial charge on any atom is 0.256 e. The molecule has 2 atom stereocenters. The number of carbonyl (C=O) groups is 1. The fourth-order valence-corrected chi connectivity index (χ4v) is 4.41. The highest BCUT2D eigenvalue weighted by atomic mass is 35.5. The molecule has 2 aliphatic heterocycles. The van der Waals surface area contributed by atoms with Crippen LogP contribution in [0.5, 0.6) is 5.75 Å². The van der Waals surface area contributed by atoms with E-state index in [0.717, 1.165) is 6.20 Å². The lowest BCUT2D eigenvalue weighted by Crippen LogP contribution is -2.56. The van der Waals surface area contributed by atoms with Gasteiger partial charge in [0.1, 0.15) is 11.7 Å². The van der Waals surface area contributed by atoms with Gasteiger partial charge in [0, 0.05) is 12.6 Å². The second-order valence-corrected chi connectivity index (χ2v) is 8.00. The molecule has 0 radical (unpaired) electrons. The molecule has 1 saturated heterocycles. The number of nitrogens with zero attached hydrogens (tertiary/aromatic N) is 5. The molecule has 0 N–H and O–H groups in total. The molecule has 2 aromatic heterocycles. The molecule has 4 heterocycles. The first-order chi connectivity index (χ1) is 15.0.